The van der Waals surface area contributed by atoms with E-state index in [4.69, 9.17) is 0 Å². The molecule has 5 heteroatoms. The van der Waals surface area contributed by atoms with E-state index in [0.29, 0.717) is 12.8 Å². The lowest BCUT2D eigenvalue weighted by atomic mass is 9.89. The highest BCUT2D eigenvalue weighted by Gasteiger charge is 2.35. The first-order valence-corrected chi connectivity index (χ1v) is 7.32. The van der Waals surface area contributed by atoms with Gasteiger partial charge in [0.2, 0.25) is 0 Å². The molecular weight excluding hydrogens is 240 g/mol. The maximum absolute atomic E-state index is 12.0. The first-order valence-electron chi connectivity index (χ1n) is 7.32. The molecule has 2 amide bonds. The SMILES string of the molecule is CN1CCC(C#N)(NC(=O)NC2CCCCC2)CC1. The van der Waals surface area contributed by atoms with Crippen molar-refractivity contribution in [2.45, 2.75) is 56.5 Å². The number of likely N-dealkylation sites (tertiary alicyclic amines) is 1. The standard InChI is InChI=1S/C14H24N4O/c1-18-9-7-14(11-15,8-10-18)17-13(19)16-12-5-3-2-4-6-12/h12H,2-10H2,1H3,(H2,16,17,19). The van der Waals surface area contributed by atoms with Crippen molar-refractivity contribution in [3.8, 4) is 6.07 Å². The Morgan fingerprint density at radius 2 is 1.89 bits per heavy atom. The average Bonchev–Trinajstić information content (AvgIpc) is 2.43. The van der Waals surface area contributed by atoms with Crippen LogP contribution in [0.5, 0.6) is 0 Å². The summed E-state index contributed by atoms with van der Waals surface area (Å²) < 4.78 is 0. The third-order valence-corrected chi connectivity index (χ3v) is 4.35. The third-order valence-electron chi connectivity index (χ3n) is 4.35. The van der Waals surface area contributed by atoms with Crippen LogP contribution in [0.3, 0.4) is 0 Å². The summed E-state index contributed by atoms with van der Waals surface area (Å²) in [6.45, 7) is 1.72. The zero-order valence-electron chi connectivity index (χ0n) is 11.7. The molecule has 5 nitrogen and oxygen atoms in total. The lowest BCUT2D eigenvalue weighted by Crippen LogP contribution is -2.57. The number of carbonyl (C=O) groups is 1. The molecule has 0 unspecified atom stereocenters. The van der Waals surface area contributed by atoms with Gasteiger partial charge in [-0.2, -0.15) is 5.26 Å². The summed E-state index contributed by atoms with van der Waals surface area (Å²) in [5.74, 6) is 0. The Labute approximate surface area is 115 Å². The maximum Gasteiger partial charge on any atom is 0.316 e. The van der Waals surface area contributed by atoms with E-state index in [1.807, 2.05) is 7.05 Å². The summed E-state index contributed by atoms with van der Waals surface area (Å²) in [6.07, 6.45) is 7.20. The predicted octanol–water partition coefficient (Wildman–Crippen LogP) is 1.61. The van der Waals surface area contributed by atoms with E-state index < -0.39 is 5.54 Å². The Morgan fingerprint density at radius 3 is 2.47 bits per heavy atom. The van der Waals surface area contributed by atoms with Crippen LogP contribution < -0.4 is 10.6 Å². The van der Waals surface area contributed by atoms with Gasteiger partial charge in [-0.25, -0.2) is 4.79 Å². The molecule has 19 heavy (non-hydrogen) atoms. The lowest BCUT2D eigenvalue weighted by molar-refractivity contribution is 0.184. The number of rotatable bonds is 2. The van der Waals surface area contributed by atoms with Gasteiger partial charge in [0.15, 0.2) is 0 Å². The fraction of sp³-hybridized carbons (Fsp3) is 0.857. The van der Waals surface area contributed by atoms with Gasteiger partial charge in [-0.1, -0.05) is 19.3 Å². The highest BCUT2D eigenvalue weighted by atomic mass is 16.2. The van der Waals surface area contributed by atoms with Crippen LogP contribution >= 0.6 is 0 Å². The second kappa shape index (κ2) is 6.25. The molecule has 1 heterocycles. The number of hydrogen-bond acceptors (Lipinski definition) is 3. The molecule has 1 saturated heterocycles. The van der Waals surface area contributed by atoms with Gasteiger partial charge >= 0.3 is 6.03 Å². The number of nitrogens with one attached hydrogen (secondary N) is 2. The molecule has 1 saturated carbocycles. The number of hydrogen-bond donors (Lipinski definition) is 2. The Kier molecular flexibility index (Phi) is 4.65. The van der Waals surface area contributed by atoms with Gasteiger partial charge in [-0.05, 0) is 32.7 Å². The molecule has 0 radical (unpaired) electrons. The normalized spacial score (nSPS) is 24.4. The second-order valence-corrected chi connectivity index (χ2v) is 5.93. The Morgan fingerprint density at radius 1 is 1.26 bits per heavy atom. The van der Waals surface area contributed by atoms with Crippen molar-refractivity contribution in [3.05, 3.63) is 0 Å². The van der Waals surface area contributed by atoms with Gasteiger partial charge in [0.25, 0.3) is 0 Å². The van der Waals surface area contributed by atoms with E-state index in [0.717, 1.165) is 25.9 Å². The molecular formula is C14H24N4O. The van der Waals surface area contributed by atoms with E-state index in [1.165, 1.54) is 19.3 Å². The smallest absolute Gasteiger partial charge is 0.316 e. The minimum atomic E-state index is -0.675. The van der Waals surface area contributed by atoms with Crippen molar-refractivity contribution in [3.63, 3.8) is 0 Å². The number of urea groups is 1. The van der Waals surface area contributed by atoms with E-state index >= 15 is 0 Å². The molecule has 2 rings (SSSR count). The molecule has 2 aliphatic rings. The van der Waals surface area contributed by atoms with Gasteiger partial charge in [0, 0.05) is 19.1 Å². The van der Waals surface area contributed by atoms with Crippen molar-refractivity contribution in [1.29, 1.82) is 5.26 Å². The fourth-order valence-electron chi connectivity index (χ4n) is 2.95. The number of carbonyl (C=O) groups excluding carboxylic acids is 1. The quantitative estimate of drug-likeness (QED) is 0.796. The lowest BCUT2D eigenvalue weighted by Gasteiger charge is -2.36. The first kappa shape index (κ1) is 14.1. The van der Waals surface area contributed by atoms with Gasteiger partial charge in [-0.15, -0.1) is 0 Å². The highest BCUT2D eigenvalue weighted by molar-refractivity contribution is 5.75. The van der Waals surface area contributed by atoms with Gasteiger partial charge in [-0.3, -0.25) is 0 Å². The third kappa shape index (κ3) is 3.84. The fourth-order valence-corrected chi connectivity index (χ4v) is 2.95. The van der Waals surface area contributed by atoms with Crippen molar-refractivity contribution < 1.29 is 4.79 Å². The topological polar surface area (TPSA) is 68.2 Å². The van der Waals surface area contributed by atoms with Crippen LogP contribution in [-0.2, 0) is 0 Å². The Balaban J connectivity index is 1.84. The molecule has 0 aromatic rings. The summed E-state index contributed by atoms with van der Waals surface area (Å²) in [5.41, 5.74) is -0.675. The second-order valence-electron chi connectivity index (χ2n) is 5.93. The Hall–Kier alpha value is -1.28. The van der Waals surface area contributed by atoms with Crippen LogP contribution in [0.4, 0.5) is 4.79 Å². The van der Waals surface area contributed by atoms with E-state index in [9.17, 15) is 10.1 Å². The van der Waals surface area contributed by atoms with Crippen molar-refractivity contribution in [1.82, 2.24) is 15.5 Å². The molecule has 0 aromatic carbocycles. The molecule has 1 aliphatic heterocycles. The first-order chi connectivity index (χ1) is 9.13. The van der Waals surface area contributed by atoms with Crippen molar-refractivity contribution in [2.75, 3.05) is 20.1 Å². The summed E-state index contributed by atoms with van der Waals surface area (Å²) in [6, 6.07) is 2.43. The maximum atomic E-state index is 12.0. The monoisotopic (exact) mass is 264 g/mol. The largest absolute Gasteiger partial charge is 0.335 e. The highest BCUT2D eigenvalue weighted by Crippen LogP contribution is 2.21. The van der Waals surface area contributed by atoms with Crippen LogP contribution in [0.15, 0.2) is 0 Å². The van der Waals surface area contributed by atoms with Crippen LogP contribution in [0, 0.1) is 11.3 Å². The number of amides is 2. The van der Waals surface area contributed by atoms with Gasteiger partial charge < -0.3 is 15.5 Å². The van der Waals surface area contributed by atoms with Crippen LogP contribution in [-0.4, -0.2) is 42.6 Å². The molecule has 0 spiro atoms. The molecule has 106 valence electrons. The molecule has 1 aliphatic carbocycles. The van der Waals surface area contributed by atoms with Crippen LogP contribution in [0.25, 0.3) is 0 Å². The van der Waals surface area contributed by atoms with Gasteiger partial charge in [0.1, 0.15) is 5.54 Å². The summed E-state index contributed by atoms with van der Waals surface area (Å²) in [4.78, 5) is 14.2. The molecule has 0 aromatic heterocycles. The average molecular weight is 264 g/mol. The number of nitrogens with zero attached hydrogens (tertiary/aromatic N) is 2. The van der Waals surface area contributed by atoms with E-state index in [1.54, 1.807) is 0 Å². The number of nitriles is 1. The van der Waals surface area contributed by atoms with Crippen LogP contribution in [0.1, 0.15) is 44.9 Å². The summed E-state index contributed by atoms with van der Waals surface area (Å²) in [7, 11) is 2.05. The molecule has 0 atom stereocenters. The Bertz CT molecular complexity index is 349. The van der Waals surface area contributed by atoms with Crippen LogP contribution in [0.2, 0.25) is 0 Å². The zero-order valence-corrected chi connectivity index (χ0v) is 11.7. The van der Waals surface area contributed by atoms with Crippen molar-refractivity contribution in [2.24, 2.45) is 0 Å². The summed E-state index contributed by atoms with van der Waals surface area (Å²) >= 11 is 0. The minimum absolute atomic E-state index is 0.169. The van der Waals surface area contributed by atoms with Gasteiger partial charge in [0.05, 0.1) is 6.07 Å². The molecule has 2 fully saturated rings. The summed E-state index contributed by atoms with van der Waals surface area (Å²) in [5, 5.41) is 15.3. The van der Waals surface area contributed by atoms with Crippen molar-refractivity contribution >= 4 is 6.03 Å². The van der Waals surface area contributed by atoms with E-state index in [2.05, 4.69) is 21.6 Å². The van der Waals surface area contributed by atoms with E-state index in [-0.39, 0.29) is 12.1 Å². The number of piperidine rings is 1. The predicted molar refractivity (Wildman–Crippen MR) is 73.6 cm³/mol. The molecule has 0 bridgehead atoms. The minimum Gasteiger partial charge on any atom is -0.335 e. The molecule has 2 N–H and O–H groups in total. The zero-order chi connectivity index (χ0) is 13.7.